The molecule has 0 radical (unpaired) electrons. The quantitative estimate of drug-likeness (QED) is 0.924. The van der Waals surface area contributed by atoms with E-state index < -0.39 is 0 Å². The van der Waals surface area contributed by atoms with Crippen molar-refractivity contribution in [2.45, 2.75) is 6.54 Å². The highest BCUT2D eigenvalue weighted by Crippen LogP contribution is 2.27. The molecule has 0 aliphatic carbocycles. The second kappa shape index (κ2) is 7.51. The maximum atomic E-state index is 4.66. The van der Waals surface area contributed by atoms with Crippen LogP contribution < -0.4 is 10.2 Å². The van der Waals surface area contributed by atoms with Crippen molar-refractivity contribution in [3.05, 3.63) is 54.2 Å². The molecular formula is C19H25ClN4. The molecule has 128 valence electrons. The summed E-state index contributed by atoms with van der Waals surface area (Å²) < 4.78 is 0. The van der Waals surface area contributed by atoms with Crippen LogP contribution in [-0.4, -0.2) is 43.1 Å². The van der Waals surface area contributed by atoms with Crippen LogP contribution in [0, 0.1) is 11.8 Å². The van der Waals surface area contributed by atoms with Crippen molar-refractivity contribution in [1.82, 2.24) is 15.2 Å². The molecule has 0 unspecified atom stereocenters. The number of nitrogens with zero attached hydrogens (tertiary/aromatic N) is 3. The summed E-state index contributed by atoms with van der Waals surface area (Å²) in [6.45, 7) is 5.86. The van der Waals surface area contributed by atoms with Gasteiger partial charge in [-0.25, -0.2) is 4.98 Å². The average Bonchev–Trinajstić information content (AvgIpc) is 3.17. The summed E-state index contributed by atoms with van der Waals surface area (Å²) >= 11 is 0. The van der Waals surface area contributed by atoms with Crippen LogP contribution in [0.1, 0.15) is 5.56 Å². The third-order valence-corrected chi connectivity index (χ3v) is 5.17. The lowest BCUT2D eigenvalue weighted by Gasteiger charge is -2.20. The van der Waals surface area contributed by atoms with Gasteiger partial charge in [-0.15, -0.1) is 12.4 Å². The van der Waals surface area contributed by atoms with Crippen molar-refractivity contribution in [1.29, 1.82) is 0 Å². The molecular weight excluding hydrogens is 320 g/mol. The van der Waals surface area contributed by atoms with Crippen molar-refractivity contribution in [3.63, 3.8) is 0 Å². The van der Waals surface area contributed by atoms with Crippen molar-refractivity contribution in [2.75, 3.05) is 38.1 Å². The Kier molecular flexibility index (Phi) is 5.39. The van der Waals surface area contributed by atoms with Crippen LogP contribution in [0.5, 0.6) is 0 Å². The minimum absolute atomic E-state index is 0. The highest BCUT2D eigenvalue weighted by Gasteiger charge is 2.35. The molecule has 2 aromatic rings. The molecule has 24 heavy (non-hydrogen) atoms. The molecule has 3 heterocycles. The molecule has 2 aliphatic heterocycles. The van der Waals surface area contributed by atoms with Gasteiger partial charge in [-0.05, 0) is 48.7 Å². The van der Waals surface area contributed by atoms with Crippen molar-refractivity contribution < 1.29 is 0 Å². The van der Waals surface area contributed by atoms with Gasteiger partial charge >= 0.3 is 0 Å². The molecule has 1 aromatic heterocycles. The second-order valence-electron chi connectivity index (χ2n) is 6.79. The van der Waals surface area contributed by atoms with Crippen molar-refractivity contribution in [2.24, 2.45) is 11.8 Å². The van der Waals surface area contributed by atoms with Crippen LogP contribution in [0.4, 0.5) is 11.5 Å². The van der Waals surface area contributed by atoms with Gasteiger partial charge < -0.3 is 10.2 Å². The Morgan fingerprint density at radius 2 is 1.79 bits per heavy atom. The van der Waals surface area contributed by atoms with E-state index in [9.17, 15) is 0 Å². The van der Waals surface area contributed by atoms with Gasteiger partial charge in [0.2, 0.25) is 0 Å². The topological polar surface area (TPSA) is 31.4 Å². The standard InChI is InChI=1S/C19H24N4.ClH/c1-22(18-5-3-2-4-6-18)19-8-7-15(9-21-19)12-23-13-16-10-20-11-17(16)14-23;/h2-9,16-17,20H,10-14H2,1H3;1H/t16-,17+;. The van der Waals surface area contributed by atoms with E-state index >= 15 is 0 Å². The predicted molar refractivity (Wildman–Crippen MR) is 101 cm³/mol. The lowest BCUT2D eigenvalue weighted by atomic mass is 10.0. The minimum Gasteiger partial charge on any atom is -0.329 e. The van der Waals surface area contributed by atoms with Crippen LogP contribution in [-0.2, 0) is 6.54 Å². The highest BCUT2D eigenvalue weighted by molar-refractivity contribution is 5.85. The summed E-state index contributed by atoms with van der Waals surface area (Å²) in [7, 11) is 2.06. The largest absolute Gasteiger partial charge is 0.329 e. The first-order valence-electron chi connectivity index (χ1n) is 8.46. The van der Waals surface area contributed by atoms with E-state index in [0.717, 1.165) is 29.9 Å². The number of anilines is 2. The maximum Gasteiger partial charge on any atom is 0.132 e. The number of likely N-dealkylation sites (tertiary alicyclic amines) is 1. The molecule has 0 saturated carbocycles. The summed E-state index contributed by atoms with van der Waals surface area (Å²) in [5.41, 5.74) is 2.47. The lowest BCUT2D eigenvalue weighted by molar-refractivity contribution is 0.305. The maximum absolute atomic E-state index is 4.66. The fourth-order valence-electron chi connectivity index (χ4n) is 3.83. The second-order valence-corrected chi connectivity index (χ2v) is 6.79. The number of nitrogens with one attached hydrogen (secondary N) is 1. The Balaban J connectivity index is 0.00000169. The number of rotatable bonds is 4. The lowest BCUT2D eigenvalue weighted by Crippen LogP contribution is -2.25. The molecule has 0 amide bonds. The van der Waals surface area contributed by atoms with Gasteiger partial charge in [-0.3, -0.25) is 4.90 Å². The van der Waals surface area contributed by atoms with Crippen LogP contribution in [0.25, 0.3) is 0 Å². The number of hydrogen-bond acceptors (Lipinski definition) is 4. The average molecular weight is 345 g/mol. The molecule has 2 atom stereocenters. The Labute approximate surface area is 150 Å². The van der Waals surface area contributed by atoms with E-state index in [0.29, 0.717) is 0 Å². The number of hydrogen-bond donors (Lipinski definition) is 1. The van der Waals surface area contributed by atoms with E-state index in [4.69, 9.17) is 0 Å². The van der Waals surface area contributed by atoms with Gasteiger partial charge in [0.05, 0.1) is 0 Å². The molecule has 2 fully saturated rings. The normalized spacial score (nSPS) is 22.9. The molecule has 1 N–H and O–H groups in total. The molecule has 4 rings (SSSR count). The van der Waals surface area contributed by atoms with Crippen LogP contribution in [0.2, 0.25) is 0 Å². The summed E-state index contributed by atoms with van der Waals surface area (Å²) in [4.78, 5) is 9.35. The van der Waals surface area contributed by atoms with Gasteiger partial charge in [0.1, 0.15) is 5.82 Å². The number of pyridine rings is 1. The number of para-hydroxylation sites is 1. The van der Waals surface area contributed by atoms with Crippen molar-refractivity contribution in [3.8, 4) is 0 Å². The smallest absolute Gasteiger partial charge is 0.132 e. The zero-order valence-corrected chi connectivity index (χ0v) is 14.9. The molecule has 4 nitrogen and oxygen atoms in total. The first-order chi connectivity index (χ1) is 11.3. The Hall–Kier alpha value is -1.62. The monoisotopic (exact) mass is 344 g/mol. The Morgan fingerprint density at radius 3 is 2.42 bits per heavy atom. The van der Waals surface area contributed by atoms with Crippen LogP contribution >= 0.6 is 12.4 Å². The Bertz CT molecular complexity index is 634. The third kappa shape index (κ3) is 3.56. The van der Waals surface area contributed by atoms with Crippen LogP contribution in [0.3, 0.4) is 0 Å². The zero-order chi connectivity index (χ0) is 15.6. The minimum atomic E-state index is 0. The Morgan fingerprint density at radius 1 is 1.08 bits per heavy atom. The van der Waals surface area contributed by atoms with E-state index in [-0.39, 0.29) is 12.4 Å². The summed E-state index contributed by atoms with van der Waals surface area (Å²) in [6, 6.07) is 14.7. The van der Waals surface area contributed by atoms with Gasteiger partial charge in [-0.2, -0.15) is 0 Å². The predicted octanol–water partition coefficient (Wildman–Crippen LogP) is 2.92. The van der Waals surface area contributed by atoms with E-state index in [1.165, 1.54) is 31.7 Å². The summed E-state index contributed by atoms with van der Waals surface area (Å²) in [5, 5.41) is 3.50. The van der Waals surface area contributed by atoms with Gasteiger partial charge in [0.15, 0.2) is 0 Å². The first-order valence-corrected chi connectivity index (χ1v) is 8.46. The fourth-order valence-corrected chi connectivity index (χ4v) is 3.83. The first kappa shape index (κ1) is 17.2. The zero-order valence-electron chi connectivity index (χ0n) is 14.1. The molecule has 5 heteroatoms. The van der Waals surface area contributed by atoms with E-state index in [1.807, 2.05) is 12.3 Å². The molecule has 1 aromatic carbocycles. The molecule has 0 bridgehead atoms. The summed E-state index contributed by atoms with van der Waals surface area (Å²) in [6.07, 6.45) is 2.03. The summed E-state index contributed by atoms with van der Waals surface area (Å²) in [5.74, 6) is 2.69. The number of benzene rings is 1. The van der Waals surface area contributed by atoms with Crippen LogP contribution in [0.15, 0.2) is 48.7 Å². The molecule has 2 aliphatic rings. The van der Waals surface area contributed by atoms with Gasteiger partial charge in [0, 0.05) is 38.6 Å². The number of halogens is 1. The fraction of sp³-hybridized carbons (Fsp3) is 0.421. The third-order valence-electron chi connectivity index (χ3n) is 5.17. The molecule has 2 saturated heterocycles. The van der Waals surface area contributed by atoms with Crippen molar-refractivity contribution >= 4 is 23.9 Å². The van der Waals surface area contributed by atoms with Gasteiger partial charge in [0.25, 0.3) is 0 Å². The number of aromatic nitrogens is 1. The van der Waals surface area contributed by atoms with E-state index in [2.05, 4.69) is 63.5 Å². The van der Waals surface area contributed by atoms with Gasteiger partial charge in [-0.1, -0.05) is 24.3 Å². The molecule has 0 spiro atoms. The number of fused-ring (bicyclic) bond motifs is 1. The van der Waals surface area contributed by atoms with E-state index in [1.54, 1.807) is 0 Å². The highest BCUT2D eigenvalue weighted by atomic mass is 35.5. The SMILES string of the molecule is CN(c1ccccc1)c1ccc(CN2C[C@H]3CNC[C@H]3C2)cn1.Cl.